The summed E-state index contributed by atoms with van der Waals surface area (Å²) in [6, 6.07) is 3.67. The molecule has 0 fully saturated rings. The van der Waals surface area contributed by atoms with Crippen LogP contribution in [0.2, 0.25) is 0 Å². The van der Waals surface area contributed by atoms with Gasteiger partial charge in [-0.2, -0.15) is 18.3 Å². The molecule has 0 atom stereocenters. The van der Waals surface area contributed by atoms with E-state index in [1.165, 1.54) is 7.05 Å². The average Bonchev–Trinajstić information content (AvgIpc) is 2.71. The molecule has 1 heterocycles. The Morgan fingerprint density at radius 2 is 1.95 bits per heavy atom. The third-order valence-corrected chi connectivity index (χ3v) is 2.66. The highest BCUT2D eigenvalue weighted by Gasteiger charge is 2.35. The minimum absolute atomic E-state index is 0.0910. The van der Waals surface area contributed by atoms with Crippen LogP contribution in [-0.4, -0.2) is 20.9 Å². The van der Waals surface area contributed by atoms with Crippen LogP contribution in [-0.2, 0) is 13.2 Å². The molecule has 0 aliphatic rings. The van der Waals surface area contributed by atoms with E-state index in [1.54, 1.807) is 0 Å². The number of nitrogens with zero attached hydrogens (tertiary/aromatic N) is 2. The quantitative estimate of drug-likeness (QED) is 0.864. The minimum atomic E-state index is -4.63. The number of aromatic nitrogens is 2. The number of alkyl halides is 3. The van der Waals surface area contributed by atoms with Crippen molar-refractivity contribution in [2.24, 2.45) is 7.05 Å². The molecule has 0 radical (unpaired) electrons. The first kappa shape index (κ1) is 14.0. The minimum Gasteiger partial charge on any atom is -0.478 e. The number of rotatable bonds is 2. The van der Waals surface area contributed by atoms with Crippen LogP contribution in [0, 0.1) is 5.82 Å². The van der Waals surface area contributed by atoms with Crippen molar-refractivity contribution in [1.29, 1.82) is 0 Å². The van der Waals surface area contributed by atoms with Crippen LogP contribution in [0.25, 0.3) is 11.3 Å². The van der Waals surface area contributed by atoms with Crippen molar-refractivity contribution < 1.29 is 27.5 Å². The third kappa shape index (κ3) is 2.49. The van der Waals surface area contributed by atoms with E-state index in [-0.39, 0.29) is 16.8 Å². The van der Waals surface area contributed by atoms with E-state index in [1.807, 2.05) is 0 Å². The van der Waals surface area contributed by atoms with E-state index in [4.69, 9.17) is 5.11 Å². The molecule has 0 saturated carbocycles. The summed E-state index contributed by atoms with van der Waals surface area (Å²) in [5.74, 6) is -2.25. The van der Waals surface area contributed by atoms with Gasteiger partial charge in [-0.15, -0.1) is 0 Å². The van der Waals surface area contributed by atoms with Crippen LogP contribution >= 0.6 is 0 Å². The van der Waals surface area contributed by atoms with Crippen LogP contribution < -0.4 is 0 Å². The molecule has 0 aliphatic heterocycles. The number of aryl methyl sites for hydroxylation is 1. The highest BCUT2D eigenvalue weighted by molar-refractivity contribution is 5.88. The number of hydrogen-bond acceptors (Lipinski definition) is 2. The van der Waals surface area contributed by atoms with E-state index >= 15 is 0 Å². The zero-order valence-corrected chi connectivity index (χ0v) is 10.1. The second kappa shape index (κ2) is 4.62. The Labute approximate surface area is 110 Å². The van der Waals surface area contributed by atoms with Crippen LogP contribution in [0.15, 0.2) is 24.3 Å². The highest BCUT2D eigenvalue weighted by atomic mass is 19.4. The van der Waals surface area contributed by atoms with Crippen molar-refractivity contribution >= 4 is 5.97 Å². The van der Waals surface area contributed by atoms with Gasteiger partial charge in [0.25, 0.3) is 0 Å². The lowest BCUT2D eigenvalue weighted by atomic mass is 10.1. The summed E-state index contributed by atoms with van der Waals surface area (Å²) in [5.41, 5.74) is -1.67. The first-order valence-electron chi connectivity index (χ1n) is 5.34. The van der Waals surface area contributed by atoms with Gasteiger partial charge in [0, 0.05) is 12.6 Å². The summed E-state index contributed by atoms with van der Waals surface area (Å²) in [5, 5.41) is 12.0. The van der Waals surface area contributed by atoms with Gasteiger partial charge in [0.1, 0.15) is 5.82 Å². The Morgan fingerprint density at radius 1 is 1.30 bits per heavy atom. The van der Waals surface area contributed by atoms with Gasteiger partial charge in [-0.1, -0.05) is 0 Å². The molecule has 106 valence electrons. The maximum absolute atomic E-state index is 13.8. The van der Waals surface area contributed by atoms with Gasteiger partial charge in [-0.25, -0.2) is 9.18 Å². The van der Waals surface area contributed by atoms with Crippen molar-refractivity contribution in [3.63, 3.8) is 0 Å². The van der Waals surface area contributed by atoms with E-state index in [2.05, 4.69) is 5.10 Å². The zero-order chi connectivity index (χ0) is 15.1. The number of carbonyl (C=O) groups is 1. The standard InChI is InChI=1S/C12H8F4N2O2/c1-18-9(5-10(17-18)12(14,15)16)7-3-2-6(11(19)20)4-8(7)13/h2-5H,1H3,(H,19,20). The van der Waals surface area contributed by atoms with E-state index < -0.39 is 23.7 Å². The molecule has 4 nitrogen and oxygen atoms in total. The van der Waals surface area contributed by atoms with Crippen LogP contribution in [0.5, 0.6) is 0 Å². The van der Waals surface area contributed by atoms with Gasteiger partial charge >= 0.3 is 12.1 Å². The topological polar surface area (TPSA) is 55.1 Å². The molecule has 0 unspecified atom stereocenters. The van der Waals surface area contributed by atoms with E-state index in [0.29, 0.717) is 6.07 Å². The smallest absolute Gasteiger partial charge is 0.435 e. The molecular weight excluding hydrogens is 280 g/mol. The van der Waals surface area contributed by atoms with Crippen molar-refractivity contribution in [3.05, 3.63) is 41.3 Å². The Morgan fingerprint density at radius 3 is 2.40 bits per heavy atom. The summed E-state index contributed by atoms with van der Waals surface area (Å²) in [6.45, 7) is 0. The average molecular weight is 288 g/mol. The summed E-state index contributed by atoms with van der Waals surface area (Å²) >= 11 is 0. The first-order chi connectivity index (χ1) is 9.20. The molecular formula is C12H8F4N2O2. The molecule has 0 spiro atoms. The molecule has 0 amide bonds. The van der Waals surface area contributed by atoms with Crippen LogP contribution in [0.4, 0.5) is 17.6 Å². The Balaban J connectivity index is 2.52. The predicted octanol–water partition coefficient (Wildman–Crippen LogP) is 2.94. The van der Waals surface area contributed by atoms with Gasteiger partial charge in [0.15, 0.2) is 5.69 Å². The van der Waals surface area contributed by atoms with Gasteiger partial charge < -0.3 is 5.11 Å². The van der Waals surface area contributed by atoms with Gasteiger partial charge in [0.05, 0.1) is 11.3 Å². The molecule has 2 rings (SSSR count). The van der Waals surface area contributed by atoms with Crippen LogP contribution in [0.1, 0.15) is 16.1 Å². The number of benzene rings is 1. The van der Waals surface area contributed by atoms with Crippen molar-refractivity contribution in [3.8, 4) is 11.3 Å². The number of aromatic carboxylic acids is 1. The maximum Gasteiger partial charge on any atom is 0.435 e. The van der Waals surface area contributed by atoms with Gasteiger partial charge in [-0.05, 0) is 24.3 Å². The summed E-state index contributed by atoms with van der Waals surface area (Å²) in [6.07, 6.45) is -4.63. The SMILES string of the molecule is Cn1nc(C(F)(F)F)cc1-c1ccc(C(=O)O)cc1F. The van der Waals surface area contributed by atoms with Gasteiger partial charge in [-0.3, -0.25) is 4.68 Å². The molecule has 0 aliphatic carbocycles. The van der Waals surface area contributed by atoms with Gasteiger partial charge in [0.2, 0.25) is 0 Å². The first-order valence-corrected chi connectivity index (χ1v) is 5.34. The molecule has 0 saturated heterocycles. The number of hydrogen-bond donors (Lipinski definition) is 1. The molecule has 1 aromatic heterocycles. The van der Waals surface area contributed by atoms with Crippen molar-refractivity contribution in [1.82, 2.24) is 9.78 Å². The molecule has 0 bridgehead atoms. The lowest BCUT2D eigenvalue weighted by molar-refractivity contribution is -0.141. The fourth-order valence-electron chi connectivity index (χ4n) is 1.71. The van der Waals surface area contributed by atoms with E-state index in [9.17, 15) is 22.4 Å². The fourth-order valence-corrected chi connectivity index (χ4v) is 1.71. The Bertz CT molecular complexity index is 677. The Kier molecular flexibility index (Phi) is 3.24. The number of carboxylic acid groups (broad SMARTS) is 1. The molecule has 20 heavy (non-hydrogen) atoms. The number of halogens is 4. The normalized spacial score (nSPS) is 11.7. The summed E-state index contributed by atoms with van der Waals surface area (Å²) in [4.78, 5) is 10.7. The second-order valence-corrected chi connectivity index (χ2v) is 4.04. The lowest BCUT2D eigenvalue weighted by Gasteiger charge is -2.04. The highest BCUT2D eigenvalue weighted by Crippen LogP contribution is 2.32. The molecule has 2 aromatic rings. The van der Waals surface area contributed by atoms with E-state index in [0.717, 1.165) is 22.9 Å². The maximum atomic E-state index is 13.8. The monoisotopic (exact) mass is 288 g/mol. The predicted molar refractivity (Wildman–Crippen MR) is 60.6 cm³/mol. The zero-order valence-electron chi connectivity index (χ0n) is 10.1. The van der Waals surface area contributed by atoms with Crippen LogP contribution in [0.3, 0.4) is 0 Å². The third-order valence-electron chi connectivity index (χ3n) is 2.66. The Hall–Kier alpha value is -2.38. The lowest BCUT2D eigenvalue weighted by Crippen LogP contribution is -2.06. The summed E-state index contributed by atoms with van der Waals surface area (Å²) in [7, 11) is 1.25. The number of carboxylic acids is 1. The molecule has 1 aromatic carbocycles. The second-order valence-electron chi connectivity index (χ2n) is 4.04. The largest absolute Gasteiger partial charge is 0.478 e. The molecule has 8 heteroatoms. The summed E-state index contributed by atoms with van der Waals surface area (Å²) < 4.78 is 52.2. The van der Waals surface area contributed by atoms with Crippen molar-refractivity contribution in [2.75, 3.05) is 0 Å². The fraction of sp³-hybridized carbons (Fsp3) is 0.167. The van der Waals surface area contributed by atoms with Crippen molar-refractivity contribution in [2.45, 2.75) is 6.18 Å². The molecule has 1 N–H and O–H groups in total.